The number of carbonyl (C=O) groups excluding carboxylic acids is 1. The molecule has 8 heteroatoms. The van der Waals surface area contributed by atoms with E-state index in [0.717, 1.165) is 5.56 Å². The van der Waals surface area contributed by atoms with Gasteiger partial charge in [0, 0.05) is 11.1 Å². The second-order valence-electron chi connectivity index (χ2n) is 6.46. The number of anilines is 1. The maximum absolute atomic E-state index is 12.6. The third kappa shape index (κ3) is 5.87. The highest BCUT2D eigenvalue weighted by Crippen LogP contribution is 2.24. The van der Waals surface area contributed by atoms with Crippen molar-refractivity contribution in [2.75, 3.05) is 4.72 Å². The first-order valence-electron chi connectivity index (χ1n) is 8.44. The van der Waals surface area contributed by atoms with Gasteiger partial charge >= 0.3 is 0 Å². The minimum atomic E-state index is -3.77. The number of benzene rings is 2. The number of carbonyl (C=O) groups is 1. The van der Waals surface area contributed by atoms with Crippen molar-refractivity contribution in [3.05, 3.63) is 53.1 Å². The Morgan fingerprint density at radius 3 is 2.30 bits per heavy atom. The monoisotopic (exact) mass is 410 g/mol. The van der Waals surface area contributed by atoms with Crippen molar-refractivity contribution < 1.29 is 17.9 Å². The van der Waals surface area contributed by atoms with Crippen LogP contribution in [0.5, 0.6) is 5.75 Å². The van der Waals surface area contributed by atoms with Gasteiger partial charge in [0.1, 0.15) is 5.75 Å². The fourth-order valence-electron chi connectivity index (χ4n) is 2.26. The first-order valence-corrected chi connectivity index (χ1v) is 10.3. The molecule has 0 aliphatic rings. The maximum atomic E-state index is 12.6. The van der Waals surface area contributed by atoms with E-state index in [0.29, 0.717) is 16.5 Å². The number of aryl methyl sites for hydroxylation is 1. The van der Waals surface area contributed by atoms with E-state index in [-0.39, 0.29) is 16.8 Å². The summed E-state index contributed by atoms with van der Waals surface area (Å²) in [6.45, 7) is 7.14. The topological polar surface area (TPSA) is 84.5 Å². The molecule has 2 rings (SSSR count). The van der Waals surface area contributed by atoms with Crippen LogP contribution in [0.4, 0.5) is 5.69 Å². The van der Waals surface area contributed by atoms with Gasteiger partial charge in [-0.2, -0.15) is 0 Å². The van der Waals surface area contributed by atoms with E-state index >= 15 is 0 Å². The standard InChI is InChI=1S/C19H23ClN2O4S/c1-12(2)21-19(23)14(4)26-16-7-9-17(10-8-16)27(24,25)22-18-11-15(20)6-5-13(18)3/h5-12,14,22H,1-4H3,(H,21,23)/t14-/m0/s1. The fourth-order valence-corrected chi connectivity index (χ4v) is 3.56. The number of amides is 1. The predicted molar refractivity (Wildman–Crippen MR) is 107 cm³/mol. The zero-order chi connectivity index (χ0) is 20.2. The lowest BCUT2D eigenvalue weighted by atomic mass is 10.2. The van der Waals surface area contributed by atoms with Crippen LogP contribution < -0.4 is 14.8 Å². The van der Waals surface area contributed by atoms with E-state index < -0.39 is 16.1 Å². The number of hydrogen-bond acceptors (Lipinski definition) is 4. The van der Waals surface area contributed by atoms with E-state index in [1.807, 2.05) is 13.8 Å². The van der Waals surface area contributed by atoms with Gasteiger partial charge in [-0.3, -0.25) is 9.52 Å². The van der Waals surface area contributed by atoms with Crippen molar-refractivity contribution in [2.45, 2.75) is 44.7 Å². The molecule has 1 atom stereocenters. The largest absolute Gasteiger partial charge is 0.481 e. The summed E-state index contributed by atoms with van der Waals surface area (Å²) in [7, 11) is -3.77. The smallest absolute Gasteiger partial charge is 0.261 e. The molecule has 146 valence electrons. The molecule has 6 nitrogen and oxygen atoms in total. The molecule has 0 spiro atoms. The Kier molecular flexibility index (Phi) is 6.73. The molecule has 0 saturated heterocycles. The van der Waals surface area contributed by atoms with Gasteiger partial charge in [0.05, 0.1) is 10.6 Å². The van der Waals surface area contributed by atoms with E-state index in [1.165, 1.54) is 24.3 Å². The number of halogens is 1. The van der Waals surface area contributed by atoms with Crippen LogP contribution in [0, 0.1) is 6.92 Å². The summed E-state index contributed by atoms with van der Waals surface area (Å²) >= 11 is 5.93. The van der Waals surface area contributed by atoms with Crippen LogP contribution in [-0.4, -0.2) is 26.5 Å². The van der Waals surface area contributed by atoms with Crippen LogP contribution >= 0.6 is 11.6 Å². The van der Waals surface area contributed by atoms with Gasteiger partial charge in [-0.25, -0.2) is 8.42 Å². The van der Waals surface area contributed by atoms with Crippen molar-refractivity contribution in [1.29, 1.82) is 0 Å². The molecule has 0 bridgehead atoms. The molecule has 0 heterocycles. The van der Waals surface area contributed by atoms with E-state index in [2.05, 4.69) is 10.0 Å². The molecule has 2 aromatic rings. The number of rotatable bonds is 7. The molecule has 0 aliphatic carbocycles. The quantitative estimate of drug-likeness (QED) is 0.728. The molecule has 0 radical (unpaired) electrons. The number of sulfonamides is 1. The van der Waals surface area contributed by atoms with Gasteiger partial charge < -0.3 is 10.1 Å². The summed E-state index contributed by atoms with van der Waals surface area (Å²) in [6.07, 6.45) is -0.693. The SMILES string of the molecule is Cc1ccc(Cl)cc1NS(=O)(=O)c1ccc(O[C@@H](C)C(=O)NC(C)C)cc1. The van der Waals surface area contributed by atoms with Crippen molar-refractivity contribution in [2.24, 2.45) is 0 Å². The molecule has 0 unspecified atom stereocenters. The Hall–Kier alpha value is -2.25. The Balaban J connectivity index is 2.11. The first-order chi connectivity index (χ1) is 12.6. The normalized spacial score (nSPS) is 12.5. The number of nitrogens with one attached hydrogen (secondary N) is 2. The van der Waals surface area contributed by atoms with Crippen LogP contribution in [0.1, 0.15) is 26.3 Å². The lowest BCUT2D eigenvalue weighted by Crippen LogP contribution is -2.40. The number of hydrogen-bond donors (Lipinski definition) is 2. The second-order valence-corrected chi connectivity index (χ2v) is 8.58. The molecule has 2 N–H and O–H groups in total. The van der Waals surface area contributed by atoms with E-state index in [4.69, 9.17) is 16.3 Å². The zero-order valence-corrected chi connectivity index (χ0v) is 17.2. The van der Waals surface area contributed by atoms with Crippen LogP contribution in [0.25, 0.3) is 0 Å². The van der Waals surface area contributed by atoms with Crippen molar-refractivity contribution >= 4 is 33.2 Å². The Bertz CT molecular complexity index is 912. The summed E-state index contributed by atoms with van der Waals surface area (Å²) in [4.78, 5) is 12.0. The van der Waals surface area contributed by atoms with Crippen LogP contribution in [0.3, 0.4) is 0 Å². The van der Waals surface area contributed by atoms with Crippen molar-refractivity contribution in [3.8, 4) is 5.75 Å². The molecular weight excluding hydrogens is 388 g/mol. The zero-order valence-electron chi connectivity index (χ0n) is 15.6. The number of ether oxygens (including phenoxy) is 1. The molecular formula is C19H23ClN2O4S. The van der Waals surface area contributed by atoms with E-state index in [1.54, 1.807) is 32.0 Å². The molecule has 2 aromatic carbocycles. The highest BCUT2D eigenvalue weighted by Gasteiger charge is 2.18. The molecule has 0 aromatic heterocycles. The second kappa shape index (κ2) is 8.63. The third-order valence-electron chi connectivity index (χ3n) is 3.69. The summed E-state index contributed by atoms with van der Waals surface area (Å²) in [5, 5.41) is 3.20. The van der Waals surface area contributed by atoms with Gasteiger partial charge in [0.25, 0.3) is 15.9 Å². The molecule has 27 heavy (non-hydrogen) atoms. The molecule has 0 saturated carbocycles. The van der Waals surface area contributed by atoms with Crippen molar-refractivity contribution in [1.82, 2.24) is 5.32 Å². The Morgan fingerprint density at radius 2 is 1.70 bits per heavy atom. The van der Waals surface area contributed by atoms with Crippen molar-refractivity contribution in [3.63, 3.8) is 0 Å². The summed E-state index contributed by atoms with van der Waals surface area (Å²) in [6, 6.07) is 10.9. The Morgan fingerprint density at radius 1 is 1.07 bits per heavy atom. The molecule has 0 fully saturated rings. The summed E-state index contributed by atoms with van der Waals surface area (Å²) in [5.74, 6) is 0.166. The lowest BCUT2D eigenvalue weighted by molar-refractivity contribution is -0.127. The molecule has 1 amide bonds. The third-order valence-corrected chi connectivity index (χ3v) is 5.31. The lowest BCUT2D eigenvalue weighted by Gasteiger charge is -2.17. The average Bonchev–Trinajstić information content (AvgIpc) is 2.57. The predicted octanol–water partition coefficient (Wildman–Crippen LogP) is 3.74. The van der Waals surface area contributed by atoms with Gasteiger partial charge in [-0.05, 0) is 69.7 Å². The van der Waals surface area contributed by atoms with Gasteiger partial charge in [-0.15, -0.1) is 0 Å². The first kappa shape index (κ1) is 21.1. The van der Waals surface area contributed by atoms with Crippen LogP contribution in [0.15, 0.2) is 47.4 Å². The van der Waals surface area contributed by atoms with E-state index in [9.17, 15) is 13.2 Å². The summed E-state index contributed by atoms with van der Waals surface area (Å²) in [5.41, 5.74) is 1.18. The van der Waals surface area contributed by atoms with Gasteiger partial charge in [-0.1, -0.05) is 17.7 Å². The highest BCUT2D eigenvalue weighted by atomic mass is 35.5. The Labute approximate surface area is 164 Å². The summed E-state index contributed by atoms with van der Waals surface area (Å²) < 4.78 is 33.2. The maximum Gasteiger partial charge on any atom is 0.261 e. The highest BCUT2D eigenvalue weighted by molar-refractivity contribution is 7.92. The minimum Gasteiger partial charge on any atom is -0.481 e. The fraction of sp³-hybridized carbons (Fsp3) is 0.316. The van der Waals surface area contributed by atoms with Gasteiger partial charge in [0.15, 0.2) is 6.10 Å². The van der Waals surface area contributed by atoms with Crippen LogP contribution in [0.2, 0.25) is 5.02 Å². The average molecular weight is 411 g/mol. The van der Waals surface area contributed by atoms with Crippen LogP contribution in [-0.2, 0) is 14.8 Å². The molecule has 0 aliphatic heterocycles. The minimum absolute atomic E-state index is 0.0112. The van der Waals surface area contributed by atoms with Gasteiger partial charge in [0.2, 0.25) is 0 Å².